The van der Waals surface area contributed by atoms with E-state index in [2.05, 4.69) is 21.2 Å². The van der Waals surface area contributed by atoms with Gasteiger partial charge in [0, 0.05) is 11.5 Å². The molecular formula is C16H13BrCl2N2O2. The Bertz CT molecular complexity index is 732. The van der Waals surface area contributed by atoms with E-state index in [1.165, 1.54) is 4.90 Å². The first kappa shape index (κ1) is 17.8. The lowest BCUT2D eigenvalue weighted by Crippen LogP contribution is -2.35. The molecule has 2 rings (SSSR count). The van der Waals surface area contributed by atoms with Crippen LogP contribution >= 0.6 is 39.1 Å². The minimum Gasteiger partial charge on any atom is -0.332 e. The highest BCUT2D eigenvalue weighted by atomic mass is 79.9. The van der Waals surface area contributed by atoms with Gasteiger partial charge in [0.15, 0.2) is 0 Å². The van der Waals surface area contributed by atoms with Crippen LogP contribution in [0.5, 0.6) is 0 Å². The number of carbonyl (C=O) groups excluding carboxylic acids is 2. The molecule has 2 amide bonds. The smallest absolute Gasteiger partial charge is 0.255 e. The van der Waals surface area contributed by atoms with E-state index >= 15 is 0 Å². The molecule has 23 heavy (non-hydrogen) atoms. The topological polar surface area (TPSA) is 49.4 Å². The third kappa shape index (κ3) is 4.47. The van der Waals surface area contributed by atoms with Gasteiger partial charge < -0.3 is 10.2 Å². The van der Waals surface area contributed by atoms with E-state index in [4.69, 9.17) is 23.2 Å². The largest absolute Gasteiger partial charge is 0.332 e. The zero-order valence-corrected chi connectivity index (χ0v) is 15.2. The van der Waals surface area contributed by atoms with Crippen molar-refractivity contribution in [2.45, 2.75) is 0 Å². The molecular weight excluding hydrogens is 403 g/mol. The first-order valence-corrected chi connectivity index (χ1v) is 8.19. The molecule has 7 heteroatoms. The van der Waals surface area contributed by atoms with Crippen molar-refractivity contribution in [3.05, 3.63) is 62.5 Å². The number of carbonyl (C=O) groups is 2. The number of amides is 2. The van der Waals surface area contributed by atoms with Crippen LogP contribution in [-0.2, 0) is 4.79 Å². The summed E-state index contributed by atoms with van der Waals surface area (Å²) in [6.07, 6.45) is 0. The van der Waals surface area contributed by atoms with Gasteiger partial charge in [0.25, 0.3) is 5.91 Å². The van der Waals surface area contributed by atoms with Crippen molar-refractivity contribution in [1.29, 1.82) is 0 Å². The number of likely N-dealkylation sites (N-methyl/N-ethyl adjacent to an activating group) is 1. The van der Waals surface area contributed by atoms with Gasteiger partial charge in [0.2, 0.25) is 5.91 Å². The molecule has 0 aliphatic rings. The van der Waals surface area contributed by atoms with Gasteiger partial charge in [0.1, 0.15) is 0 Å². The van der Waals surface area contributed by atoms with Crippen LogP contribution in [-0.4, -0.2) is 30.3 Å². The fraction of sp³-hybridized carbons (Fsp3) is 0.125. The van der Waals surface area contributed by atoms with Crippen molar-refractivity contribution in [1.82, 2.24) is 4.90 Å². The molecule has 0 fully saturated rings. The lowest BCUT2D eigenvalue weighted by molar-refractivity contribution is -0.116. The van der Waals surface area contributed by atoms with Gasteiger partial charge >= 0.3 is 0 Å². The second-order valence-electron chi connectivity index (χ2n) is 4.79. The molecule has 0 aromatic heterocycles. The minimum atomic E-state index is -0.386. The Kier molecular flexibility index (Phi) is 6.04. The van der Waals surface area contributed by atoms with Crippen molar-refractivity contribution in [3.63, 3.8) is 0 Å². The number of nitrogens with one attached hydrogen (secondary N) is 1. The van der Waals surface area contributed by atoms with Crippen LogP contribution in [0.4, 0.5) is 5.69 Å². The summed E-state index contributed by atoms with van der Waals surface area (Å²) < 4.78 is 0.673. The number of benzene rings is 2. The number of rotatable bonds is 4. The fourth-order valence-corrected chi connectivity index (χ4v) is 2.87. The van der Waals surface area contributed by atoms with Gasteiger partial charge in [-0.05, 0) is 40.2 Å². The summed E-state index contributed by atoms with van der Waals surface area (Å²) in [6, 6.07) is 12.0. The molecule has 0 aliphatic carbocycles. The second-order valence-corrected chi connectivity index (χ2v) is 6.45. The maximum atomic E-state index is 12.4. The number of para-hydroxylation sites is 1. The summed E-state index contributed by atoms with van der Waals surface area (Å²) in [6.45, 7) is -0.123. The highest BCUT2D eigenvalue weighted by Crippen LogP contribution is 2.29. The third-order valence-corrected chi connectivity index (χ3v) is 4.38. The van der Waals surface area contributed by atoms with Crippen LogP contribution < -0.4 is 5.32 Å². The number of hydrogen-bond donors (Lipinski definition) is 1. The molecule has 0 aliphatic heterocycles. The molecule has 0 spiro atoms. The molecule has 0 bridgehead atoms. The summed E-state index contributed by atoms with van der Waals surface area (Å²) in [5.74, 6) is -0.652. The molecule has 0 unspecified atom stereocenters. The van der Waals surface area contributed by atoms with Gasteiger partial charge in [-0.25, -0.2) is 0 Å². The number of hydrogen-bond acceptors (Lipinski definition) is 2. The van der Waals surface area contributed by atoms with Crippen LogP contribution in [0.2, 0.25) is 10.0 Å². The maximum absolute atomic E-state index is 12.4. The molecule has 0 atom stereocenters. The van der Waals surface area contributed by atoms with Gasteiger partial charge in [0.05, 0.1) is 27.8 Å². The molecule has 1 N–H and O–H groups in total. The van der Waals surface area contributed by atoms with E-state index in [0.717, 1.165) is 0 Å². The van der Waals surface area contributed by atoms with Gasteiger partial charge in [-0.1, -0.05) is 41.4 Å². The molecule has 2 aromatic rings. The van der Waals surface area contributed by atoms with Crippen LogP contribution in [0.15, 0.2) is 46.9 Å². The minimum absolute atomic E-state index is 0.123. The first-order chi connectivity index (χ1) is 10.9. The average Bonchev–Trinajstić information content (AvgIpc) is 2.51. The Morgan fingerprint density at radius 3 is 2.30 bits per heavy atom. The predicted molar refractivity (Wildman–Crippen MR) is 96.2 cm³/mol. The van der Waals surface area contributed by atoms with E-state index in [1.54, 1.807) is 43.4 Å². The van der Waals surface area contributed by atoms with Crippen molar-refractivity contribution < 1.29 is 9.59 Å². The zero-order chi connectivity index (χ0) is 17.0. The molecule has 0 saturated carbocycles. The Labute approximate surface area is 152 Å². The Hall–Kier alpha value is -1.56. The molecule has 0 radical (unpaired) electrons. The van der Waals surface area contributed by atoms with Crippen molar-refractivity contribution in [2.24, 2.45) is 0 Å². The summed E-state index contributed by atoms with van der Waals surface area (Å²) >= 11 is 15.3. The van der Waals surface area contributed by atoms with Crippen LogP contribution in [0.25, 0.3) is 0 Å². The lowest BCUT2D eigenvalue weighted by Gasteiger charge is -2.18. The van der Waals surface area contributed by atoms with Crippen LogP contribution in [0.3, 0.4) is 0 Å². The Morgan fingerprint density at radius 1 is 1.09 bits per heavy atom. The SMILES string of the molecule is CN(CC(=O)Nc1c(Cl)cccc1Cl)C(=O)c1ccccc1Br. The Morgan fingerprint density at radius 2 is 1.70 bits per heavy atom. The molecule has 0 saturated heterocycles. The fourth-order valence-electron chi connectivity index (χ4n) is 1.92. The molecule has 4 nitrogen and oxygen atoms in total. The standard InChI is InChI=1S/C16H13BrCl2N2O2/c1-21(16(23)10-5-2-3-6-11(10)17)9-14(22)20-15-12(18)7-4-8-13(15)19/h2-8H,9H2,1H3,(H,20,22). The van der Waals surface area contributed by atoms with Crippen molar-refractivity contribution in [2.75, 3.05) is 18.9 Å². The van der Waals surface area contributed by atoms with Gasteiger partial charge in [-0.3, -0.25) is 9.59 Å². The highest BCUT2D eigenvalue weighted by molar-refractivity contribution is 9.10. The second kappa shape index (κ2) is 7.81. The van der Waals surface area contributed by atoms with E-state index in [1.807, 2.05) is 6.07 Å². The maximum Gasteiger partial charge on any atom is 0.255 e. The van der Waals surface area contributed by atoms with E-state index in [0.29, 0.717) is 25.8 Å². The predicted octanol–water partition coefficient (Wildman–Crippen LogP) is 4.47. The summed E-state index contributed by atoms with van der Waals surface area (Å²) in [7, 11) is 1.55. The molecule has 0 heterocycles. The monoisotopic (exact) mass is 414 g/mol. The van der Waals surface area contributed by atoms with Gasteiger partial charge in [-0.15, -0.1) is 0 Å². The number of anilines is 1. The summed E-state index contributed by atoms with van der Waals surface area (Å²) in [5.41, 5.74) is 0.821. The Balaban J connectivity index is 2.05. The van der Waals surface area contributed by atoms with Crippen molar-refractivity contribution >= 4 is 56.6 Å². The first-order valence-electron chi connectivity index (χ1n) is 6.64. The highest BCUT2D eigenvalue weighted by Gasteiger charge is 2.18. The lowest BCUT2D eigenvalue weighted by atomic mass is 10.2. The quantitative estimate of drug-likeness (QED) is 0.800. The normalized spacial score (nSPS) is 10.3. The summed E-state index contributed by atoms with van der Waals surface area (Å²) in [5, 5.41) is 3.30. The zero-order valence-electron chi connectivity index (χ0n) is 12.1. The number of nitrogens with zero attached hydrogens (tertiary/aromatic N) is 1. The molecule has 120 valence electrons. The molecule has 2 aromatic carbocycles. The third-order valence-electron chi connectivity index (χ3n) is 3.06. The van der Waals surface area contributed by atoms with E-state index < -0.39 is 0 Å². The number of halogens is 3. The van der Waals surface area contributed by atoms with Crippen LogP contribution in [0, 0.1) is 0 Å². The van der Waals surface area contributed by atoms with Crippen LogP contribution in [0.1, 0.15) is 10.4 Å². The average molecular weight is 416 g/mol. The van der Waals surface area contributed by atoms with E-state index in [9.17, 15) is 9.59 Å². The van der Waals surface area contributed by atoms with E-state index in [-0.39, 0.29) is 18.4 Å². The van der Waals surface area contributed by atoms with Gasteiger partial charge in [-0.2, -0.15) is 0 Å². The summed E-state index contributed by atoms with van der Waals surface area (Å²) in [4.78, 5) is 25.8. The van der Waals surface area contributed by atoms with Crippen molar-refractivity contribution in [3.8, 4) is 0 Å².